The zero-order valence-corrected chi connectivity index (χ0v) is 6.98. The minimum Gasteiger partial charge on any atom is -0.293 e. The van der Waals surface area contributed by atoms with Gasteiger partial charge >= 0.3 is 0 Å². The first-order valence-corrected chi connectivity index (χ1v) is 4.26. The van der Waals surface area contributed by atoms with Gasteiger partial charge in [0.15, 0.2) is 0 Å². The van der Waals surface area contributed by atoms with Crippen molar-refractivity contribution in [1.29, 1.82) is 0 Å². The van der Waals surface area contributed by atoms with Crippen LogP contribution in [-0.2, 0) is 6.54 Å². The standard InChI is InChI=1S/C10H12N2/c1-2-5-10(6-3-1)9-12-8-4-7-11-12/h1-3,5-7H,4,8-9H2. The maximum atomic E-state index is 4.24. The molecule has 0 saturated carbocycles. The maximum Gasteiger partial charge on any atom is 0.0610 e. The molecule has 1 aliphatic rings. The average molecular weight is 160 g/mol. The second kappa shape index (κ2) is 3.39. The first-order chi connectivity index (χ1) is 5.95. The molecule has 62 valence electrons. The molecular formula is C10H12N2. The van der Waals surface area contributed by atoms with Crippen LogP contribution in [0.1, 0.15) is 12.0 Å². The summed E-state index contributed by atoms with van der Waals surface area (Å²) in [5, 5.41) is 6.33. The zero-order chi connectivity index (χ0) is 8.23. The van der Waals surface area contributed by atoms with Crippen molar-refractivity contribution >= 4 is 6.21 Å². The number of hydrogen-bond acceptors (Lipinski definition) is 2. The van der Waals surface area contributed by atoms with E-state index in [4.69, 9.17) is 0 Å². The summed E-state index contributed by atoms with van der Waals surface area (Å²) in [6, 6.07) is 10.4. The number of benzene rings is 1. The van der Waals surface area contributed by atoms with Gasteiger partial charge < -0.3 is 0 Å². The third kappa shape index (κ3) is 1.64. The maximum absolute atomic E-state index is 4.24. The fourth-order valence-corrected chi connectivity index (χ4v) is 1.35. The molecule has 0 fully saturated rings. The molecule has 0 aliphatic carbocycles. The number of hydrazone groups is 1. The topological polar surface area (TPSA) is 15.6 Å². The van der Waals surface area contributed by atoms with E-state index in [-0.39, 0.29) is 0 Å². The van der Waals surface area contributed by atoms with E-state index in [9.17, 15) is 0 Å². The SMILES string of the molecule is C1=NN(Cc2ccccc2)CC1. The van der Waals surface area contributed by atoms with Crippen molar-refractivity contribution in [1.82, 2.24) is 5.01 Å². The van der Waals surface area contributed by atoms with Gasteiger partial charge in [-0.25, -0.2) is 0 Å². The highest BCUT2D eigenvalue weighted by Crippen LogP contribution is 2.07. The van der Waals surface area contributed by atoms with Gasteiger partial charge in [0, 0.05) is 19.2 Å². The van der Waals surface area contributed by atoms with Gasteiger partial charge in [-0.3, -0.25) is 5.01 Å². The molecule has 0 aromatic heterocycles. The van der Waals surface area contributed by atoms with Crippen molar-refractivity contribution in [3.05, 3.63) is 35.9 Å². The Hall–Kier alpha value is -1.31. The Bertz CT molecular complexity index is 266. The van der Waals surface area contributed by atoms with Crippen LogP contribution in [0, 0.1) is 0 Å². The van der Waals surface area contributed by atoms with Crippen molar-refractivity contribution in [2.24, 2.45) is 5.10 Å². The molecule has 0 atom stereocenters. The summed E-state index contributed by atoms with van der Waals surface area (Å²) < 4.78 is 0. The Morgan fingerprint density at radius 3 is 2.75 bits per heavy atom. The van der Waals surface area contributed by atoms with Crippen LogP contribution in [0.2, 0.25) is 0 Å². The highest BCUT2D eigenvalue weighted by atomic mass is 15.5. The van der Waals surface area contributed by atoms with E-state index in [1.54, 1.807) is 0 Å². The first kappa shape index (κ1) is 7.35. The van der Waals surface area contributed by atoms with E-state index in [1.165, 1.54) is 5.56 Å². The van der Waals surface area contributed by atoms with Gasteiger partial charge in [-0.1, -0.05) is 30.3 Å². The second-order valence-electron chi connectivity index (χ2n) is 2.96. The van der Waals surface area contributed by atoms with Crippen LogP contribution in [0.25, 0.3) is 0 Å². The minimum atomic E-state index is 0.942. The number of nitrogens with zero attached hydrogens (tertiary/aromatic N) is 2. The van der Waals surface area contributed by atoms with E-state index in [2.05, 4.69) is 34.4 Å². The Morgan fingerprint density at radius 1 is 1.25 bits per heavy atom. The minimum absolute atomic E-state index is 0.942. The van der Waals surface area contributed by atoms with Crippen molar-refractivity contribution < 1.29 is 0 Å². The van der Waals surface area contributed by atoms with Gasteiger partial charge in [-0.2, -0.15) is 5.10 Å². The molecular weight excluding hydrogens is 148 g/mol. The van der Waals surface area contributed by atoms with E-state index in [0.717, 1.165) is 19.5 Å². The quantitative estimate of drug-likeness (QED) is 0.645. The van der Waals surface area contributed by atoms with E-state index in [1.807, 2.05) is 12.3 Å². The Balaban J connectivity index is 1.99. The van der Waals surface area contributed by atoms with Gasteiger partial charge in [0.1, 0.15) is 0 Å². The molecule has 1 aromatic carbocycles. The lowest BCUT2D eigenvalue weighted by Gasteiger charge is -2.12. The van der Waals surface area contributed by atoms with Gasteiger partial charge in [-0.05, 0) is 5.56 Å². The summed E-state index contributed by atoms with van der Waals surface area (Å²) in [5.41, 5.74) is 1.33. The molecule has 1 heterocycles. The molecule has 0 unspecified atom stereocenters. The van der Waals surface area contributed by atoms with Crippen LogP contribution in [0.5, 0.6) is 0 Å². The number of rotatable bonds is 2. The van der Waals surface area contributed by atoms with E-state index >= 15 is 0 Å². The fourth-order valence-electron chi connectivity index (χ4n) is 1.35. The molecule has 1 aliphatic heterocycles. The molecule has 0 amide bonds. The van der Waals surface area contributed by atoms with Crippen LogP contribution in [0.3, 0.4) is 0 Å². The highest BCUT2D eigenvalue weighted by Gasteiger charge is 2.04. The average Bonchev–Trinajstić information content (AvgIpc) is 2.59. The predicted octanol–water partition coefficient (Wildman–Crippen LogP) is 1.88. The normalized spacial score (nSPS) is 15.5. The summed E-state index contributed by atoms with van der Waals surface area (Å²) in [6.45, 7) is 2.01. The highest BCUT2D eigenvalue weighted by molar-refractivity contribution is 5.58. The fraction of sp³-hybridized carbons (Fsp3) is 0.300. The van der Waals surface area contributed by atoms with Crippen LogP contribution in [0.4, 0.5) is 0 Å². The summed E-state index contributed by atoms with van der Waals surface area (Å²) in [7, 11) is 0. The van der Waals surface area contributed by atoms with Crippen molar-refractivity contribution in [2.45, 2.75) is 13.0 Å². The van der Waals surface area contributed by atoms with Crippen LogP contribution in [-0.4, -0.2) is 17.8 Å². The Kier molecular flexibility index (Phi) is 2.08. The number of hydrogen-bond donors (Lipinski definition) is 0. The lowest BCUT2D eigenvalue weighted by atomic mass is 10.2. The summed E-state index contributed by atoms with van der Waals surface area (Å²) in [4.78, 5) is 0. The van der Waals surface area contributed by atoms with E-state index < -0.39 is 0 Å². The molecule has 2 heteroatoms. The first-order valence-electron chi connectivity index (χ1n) is 4.26. The van der Waals surface area contributed by atoms with Crippen LogP contribution < -0.4 is 0 Å². The van der Waals surface area contributed by atoms with Gasteiger partial charge in [0.05, 0.1) is 6.54 Å². The molecule has 0 spiro atoms. The lowest BCUT2D eigenvalue weighted by Crippen LogP contribution is -2.12. The van der Waals surface area contributed by atoms with Gasteiger partial charge in [0.25, 0.3) is 0 Å². The van der Waals surface area contributed by atoms with Gasteiger partial charge in [-0.15, -0.1) is 0 Å². The Labute approximate surface area is 72.5 Å². The zero-order valence-electron chi connectivity index (χ0n) is 6.98. The molecule has 2 nitrogen and oxygen atoms in total. The van der Waals surface area contributed by atoms with Crippen molar-refractivity contribution in [2.75, 3.05) is 6.54 Å². The summed E-state index contributed by atoms with van der Waals surface area (Å²) >= 11 is 0. The molecule has 1 aromatic rings. The smallest absolute Gasteiger partial charge is 0.0610 e. The monoisotopic (exact) mass is 160 g/mol. The third-order valence-corrected chi connectivity index (χ3v) is 1.97. The molecule has 0 bridgehead atoms. The van der Waals surface area contributed by atoms with E-state index in [0.29, 0.717) is 0 Å². The van der Waals surface area contributed by atoms with Crippen molar-refractivity contribution in [3.63, 3.8) is 0 Å². The largest absolute Gasteiger partial charge is 0.293 e. The molecule has 0 radical (unpaired) electrons. The van der Waals surface area contributed by atoms with Crippen LogP contribution >= 0.6 is 0 Å². The molecule has 0 saturated heterocycles. The van der Waals surface area contributed by atoms with Crippen molar-refractivity contribution in [3.8, 4) is 0 Å². The summed E-state index contributed by atoms with van der Waals surface area (Å²) in [5.74, 6) is 0. The second-order valence-corrected chi connectivity index (χ2v) is 2.96. The summed E-state index contributed by atoms with van der Waals surface area (Å²) in [6.07, 6.45) is 3.07. The van der Waals surface area contributed by atoms with Gasteiger partial charge in [0.2, 0.25) is 0 Å². The molecule has 12 heavy (non-hydrogen) atoms. The third-order valence-electron chi connectivity index (χ3n) is 1.97. The molecule has 0 N–H and O–H groups in total. The predicted molar refractivity (Wildman–Crippen MR) is 50.0 cm³/mol. The van der Waals surface area contributed by atoms with Crippen LogP contribution in [0.15, 0.2) is 35.4 Å². The molecule has 2 rings (SSSR count). The lowest BCUT2D eigenvalue weighted by molar-refractivity contribution is 0.310. The Morgan fingerprint density at radius 2 is 2.08 bits per heavy atom.